The molecule has 2 aliphatic heterocycles. The maximum atomic E-state index is 12.9. The van der Waals surface area contributed by atoms with Gasteiger partial charge in [-0.1, -0.05) is 0 Å². The minimum Gasteiger partial charge on any atom is -0.462 e. The quantitative estimate of drug-likeness (QED) is 0.595. The molecule has 2 aliphatic rings. The van der Waals surface area contributed by atoms with Crippen LogP contribution in [-0.4, -0.2) is 62.8 Å². The van der Waals surface area contributed by atoms with Crippen LogP contribution in [0.3, 0.4) is 0 Å². The highest BCUT2D eigenvalue weighted by molar-refractivity contribution is 7.89. The van der Waals surface area contributed by atoms with Crippen LogP contribution in [0.1, 0.15) is 50.9 Å². The summed E-state index contributed by atoms with van der Waals surface area (Å²) in [5.74, 6) is -0.829. The summed E-state index contributed by atoms with van der Waals surface area (Å²) in [6, 6.07) is 5.93. The van der Waals surface area contributed by atoms with Gasteiger partial charge in [-0.25, -0.2) is 13.2 Å². The second-order valence-corrected chi connectivity index (χ2v) is 11.0. The summed E-state index contributed by atoms with van der Waals surface area (Å²) in [6.45, 7) is 4.60. The predicted molar refractivity (Wildman–Crippen MR) is 130 cm³/mol. The van der Waals surface area contributed by atoms with E-state index >= 15 is 0 Å². The van der Waals surface area contributed by atoms with E-state index in [1.54, 1.807) is 6.92 Å². The van der Waals surface area contributed by atoms with Crippen LogP contribution in [0.4, 0.5) is 5.00 Å². The van der Waals surface area contributed by atoms with Gasteiger partial charge in [-0.2, -0.15) is 4.31 Å². The number of halogens is 1. The Morgan fingerprint density at radius 2 is 1.79 bits per heavy atom. The van der Waals surface area contributed by atoms with Crippen LogP contribution in [0.15, 0.2) is 29.2 Å². The van der Waals surface area contributed by atoms with Crippen molar-refractivity contribution in [3.63, 3.8) is 0 Å². The number of fused-ring (bicyclic) bond motifs is 1. The van der Waals surface area contributed by atoms with Crippen LogP contribution in [0.5, 0.6) is 0 Å². The molecular formula is C22H28ClN3O5S2. The molecule has 0 radical (unpaired) electrons. The van der Waals surface area contributed by atoms with Gasteiger partial charge < -0.3 is 15.0 Å². The number of ether oxygens (including phenoxy) is 1. The van der Waals surface area contributed by atoms with Crippen molar-refractivity contribution in [1.29, 1.82) is 0 Å². The summed E-state index contributed by atoms with van der Waals surface area (Å²) >= 11 is 1.39. The fraction of sp³-hybridized carbons (Fsp3) is 0.455. The van der Waals surface area contributed by atoms with E-state index in [-0.39, 0.29) is 23.9 Å². The molecular weight excluding hydrogens is 486 g/mol. The number of rotatable bonds is 6. The van der Waals surface area contributed by atoms with Crippen LogP contribution in [-0.2, 0) is 27.7 Å². The molecule has 4 rings (SSSR count). The van der Waals surface area contributed by atoms with Crippen molar-refractivity contribution in [1.82, 2.24) is 9.21 Å². The predicted octanol–water partition coefficient (Wildman–Crippen LogP) is 3.37. The number of thiophene rings is 1. The minimum absolute atomic E-state index is 0. The standard InChI is InChI=1S/C22H27N3O5S2.ClH/c1-3-30-22(27)19-17-10-13-24(2)14-18(17)31-21(19)23-20(26)15-6-8-16(9-7-15)32(28,29)25-11-4-5-12-25;/h6-9H,3-5,10-14H2,1-2H3,(H,23,26);1H. The average molecular weight is 514 g/mol. The Hall–Kier alpha value is -1.98. The van der Waals surface area contributed by atoms with Gasteiger partial charge in [-0.05, 0) is 63.1 Å². The largest absolute Gasteiger partial charge is 0.462 e. The molecule has 1 N–H and O–H groups in total. The Morgan fingerprint density at radius 3 is 2.42 bits per heavy atom. The second kappa shape index (κ2) is 10.5. The molecule has 1 fully saturated rings. The third kappa shape index (κ3) is 5.25. The van der Waals surface area contributed by atoms with Crippen LogP contribution < -0.4 is 5.32 Å². The van der Waals surface area contributed by atoms with E-state index in [0.29, 0.717) is 35.8 Å². The number of hydrogen-bond acceptors (Lipinski definition) is 7. The molecule has 0 bridgehead atoms. The van der Waals surface area contributed by atoms with Gasteiger partial charge in [0.05, 0.1) is 17.1 Å². The van der Waals surface area contributed by atoms with Crippen molar-refractivity contribution in [3.05, 3.63) is 45.8 Å². The lowest BCUT2D eigenvalue weighted by molar-refractivity contribution is 0.0526. The highest BCUT2D eigenvalue weighted by atomic mass is 35.5. The number of esters is 1. The molecule has 0 saturated carbocycles. The number of nitrogens with zero attached hydrogens (tertiary/aromatic N) is 2. The molecule has 8 nitrogen and oxygen atoms in total. The number of sulfonamides is 1. The number of hydrogen-bond donors (Lipinski definition) is 1. The second-order valence-electron chi connectivity index (χ2n) is 8.01. The number of nitrogens with one attached hydrogen (secondary N) is 1. The van der Waals surface area contributed by atoms with Crippen molar-refractivity contribution >= 4 is 50.6 Å². The smallest absolute Gasteiger partial charge is 0.341 e. The molecule has 33 heavy (non-hydrogen) atoms. The zero-order valence-electron chi connectivity index (χ0n) is 18.6. The Labute approximate surface area is 204 Å². The molecule has 0 unspecified atom stereocenters. The molecule has 3 heterocycles. The Kier molecular flexibility index (Phi) is 8.17. The Morgan fingerprint density at radius 1 is 1.12 bits per heavy atom. The van der Waals surface area contributed by atoms with Gasteiger partial charge in [0.25, 0.3) is 5.91 Å². The number of anilines is 1. The van der Waals surface area contributed by atoms with Gasteiger partial charge >= 0.3 is 5.97 Å². The van der Waals surface area contributed by atoms with Crippen molar-refractivity contribution in [3.8, 4) is 0 Å². The summed E-state index contributed by atoms with van der Waals surface area (Å²) in [5, 5.41) is 3.33. The highest BCUT2D eigenvalue weighted by Gasteiger charge is 2.30. The zero-order valence-corrected chi connectivity index (χ0v) is 21.1. The molecule has 0 atom stereocenters. The summed E-state index contributed by atoms with van der Waals surface area (Å²) in [4.78, 5) is 28.9. The van der Waals surface area contributed by atoms with Crippen LogP contribution in [0, 0.1) is 0 Å². The fourth-order valence-corrected chi connectivity index (χ4v) is 6.90. The first kappa shape index (κ1) is 25.6. The SMILES string of the molecule is CCOC(=O)c1c(NC(=O)c2ccc(S(=O)(=O)N3CCCC3)cc2)sc2c1CCN(C)C2.Cl. The third-order valence-corrected chi connectivity index (χ3v) is 8.82. The lowest BCUT2D eigenvalue weighted by Gasteiger charge is -2.22. The monoisotopic (exact) mass is 513 g/mol. The van der Waals surface area contributed by atoms with E-state index in [1.807, 2.05) is 7.05 Å². The molecule has 1 saturated heterocycles. The lowest BCUT2D eigenvalue weighted by atomic mass is 10.0. The molecule has 2 aromatic rings. The van der Waals surface area contributed by atoms with Crippen LogP contribution in [0.25, 0.3) is 0 Å². The van der Waals surface area contributed by atoms with Crippen molar-refractivity contribution in [2.45, 2.75) is 37.6 Å². The number of likely N-dealkylation sites (N-methyl/N-ethyl adjacent to an activating group) is 1. The number of amides is 1. The third-order valence-electron chi connectivity index (χ3n) is 5.77. The first-order chi connectivity index (χ1) is 15.3. The van der Waals surface area contributed by atoms with E-state index in [1.165, 1.54) is 39.9 Å². The lowest BCUT2D eigenvalue weighted by Crippen LogP contribution is -2.27. The molecule has 1 amide bonds. The van der Waals surface area contributed by atoms with E-state index in [9.17, 15) is 18.0 Å². The average Bonchev–Trinajstić information content (AvgIpc) is 3.42. The van der Waals surface area contributed by atoms with Crippen LogP contribution in [0.2, 0.25) is 0 Å². The van der Waals surface area contributed by atoms with Gasteiger partial charge in [0, 0.05) is 36.6 Å². The summed E-state index contributed by atoms with van der Waals surface area (Å²) in [5.41, 5.74) is 1.69. The maximum absolute atomic E-state index is 12.9. The van der Waals surface area contributed by atoms with E-state index < -0.39 is 21.9 Å². The van der Waals surface area contributed by atoms with E-state index in [4.69, 9.17) is 4.74 Å². The number of benzene rings is 1. The fourth-order valence-electron chi connectivity index (χ4n) is 4.07. The maximum Gasteiger partial charge on any atom is 0.341 e. The van der Waals surface area contributed by atoms with Gasteiger partial charge in [0.15, 0.2) is 0 Å². The molecule has 11 heteroatoms. The van der Waals surface area contributed by atoms with Gasteiger partial charge in [0.2, 0.25) is 10.0 Å². The molecule has 180 valence electrons. The molecule has 0 aliphatic carbocycles. The van der Waals surface area contributed by atoms with Crippen molar-refractivity contribution < 1.29 is 22.7 Å². The van der Waals surface area contributed by atoms with E-state index in [2.05, 4.69) is 10.2 Å². The highest BCUT2D eigenvalue weighted by Crippen LogP contribution is 2.37. The van der Waals surface area contributed by atoms with Gasteiger partial charge in [0.1, 0.15) is 5.00 Å². The summed E-state index contributed by atoms with van der Waals surface area (Å²) in [7, 11) is -1.52. The Balaban J connectivity index is 0.00000306. The minimum atomic E-state index is -3.53. The van der Waals surface area contributed by atoms with Crippen LogP contribution >= 0.6 is 23.7 Å². The van der Waals surface area contributed by atoms with E-state index in [0.717, 1.165) is 36.2 Å². The topological polar surface area (TPSA) is 96.0 Å². The normalized spacial score (nSPS) is 16.7. The van der Waals surface area contributed by atoms with Gasteiger partial charge in [-0.3, -0.25) is 4.79 Å². The zero-order chi connectivity index (χ0) is 22.9. The summed E-state index contributed by atoms with van der Waals surface area (Å²) < 4.78 is 32.1. The molecule has 0 spiro atoms. The first-order valence-corrected chi connectivity index (χ1v) is 13.0. The van der Waals surface area contributed by atoms with Gasteiger partial charge in [-0.15, -0.1) is 23.7 Å². The first-order valence-electron chi connectivity index (χ1n) is 10.7. The molecule has 1 aromatic carbocycles. The Bertz CT molecular complexity index is 1130. The van der Waals surface area contributed by atoms with Crippen molar-refractivity contribution in [2.75, 3.05) is 38.6 Å². The number of carbonyl (C=O) groups excluding carboxylic acids is 2. The number of carbonyl (C=O) groups is 2. The van der Waals surface area contributed by atoms with Crippen molar-refractivity contribution in [2.24, 2.45) is 0 Å². The summed E-state index contributed by atoms with van der Waals surface area (Å²) in [6.07, 6.45) is 2.45. The molecule has 1 aromatic heterocycles.